The van der Waals surface area contributed by atoms with E-state index in [-0.39, 0.29) is 23.1 Å². The third-order valence-corrected chi connectivity index (χ3v) is 4.36. The third kappa shape index (κ3) is 3.33. The second-order valence-corrected chi connectivity index (χ2v) is 6.31. The van der Waals surface area contributed by atoms with E-state index in [0.29, 0.717) is 18.8 Å². The summed E-state index contributed by atoms with van der Waals surface area (Å²) in [6.45, 7) is 2.47. The smallest absolute Gasteiger partial charge is 0.294 e. The van der Waals surface area contributed by atoms with E-state index in [1.54, 1.807) is 19.1 Å². The summed E-state index contributed by atoms with van der Waals surface area (Å²) in [5.41, 5.74) is 5.56. The highest BCUT2D eigenvalue weighted by atomic mass is 16.6. The van der Waals surface area contributed by atoms with Gasteiger partial charge in [0.2, 0.25) is 5.43 Å². The van der Waals surface area contributed by atoms with E-state index in [1.165, 1.54) is 27.8 Å². The maximum absolute atomic E-state index is 12.7. The molecule has 26 heavy (non-hydrogen) atoms. The van der Waals surface area contributed by atoms with Gasteiger partial charge in [0.25, 0.3) is 11.6 Å². The number of para-hydroxylation sites is 2. The van der Waals surface area contributed by atoms with Crippen LogP contribution in [-0.2, 0) is 0 Å². The molecule has 136 valence electrons. The molecule has 1 aliphatic rings. The number of carbonyl (C=O) groups excluding carboxylic acids is 1. The Morgan fingerprint density at radius 1 is 1.38 bits per heavy atom. The maximum atomic E-state index is 12.7. The molecule has 0 radical (unpaired) electrons. The third-order valence-electron chi connectivity index (χ3n) is 4.36. The van der Waals surface area contributed by atoms with Gasteiger partial charge in [0.05, 0.1) is 4.92 Å². The largest absolute Gasteiger partial charge is 0.336 e. The van der Waals surface area contributed by atoms with E-state index in [4.69, 9.17) is 5.73 Å². The molecule has 1 saturated heterocycles. The molecular formula is C17H19N5O4. The van der Waals surface area contributed by atoms with Crippen molar-refractivity contribution in [3.05, 3.63) is 62.1 Å². The molecule has 1 unspecified atom stereocenters. The molecule has 1 aromatic heterocycles. The number of aromatic nitrogens is 2. The SMILES string of the molecule is Cc1cc(=O)c(C(=O)N2CCCC(N)C2)nn1-c1ccccc1[N+](=O)[O-]. The number of likely N-dealkylation sites (tertiary alicyclic amines) is 1. The maximum Gasteiger partial charge on any atom is 0.294 e. The second kappa shape index (κ2) is 7.04. The predicted molar refractivity (Wildman–Crippen MR) is 94.3 cm³/mol. The van der Waals surface area contributed by atoms with Gasteiger partial charge >= 0.3 is 0 Å². The van der Waals surface area contributed by atoms with Gasteiger partial charge in [-0.25, -0.2) is 4.68 Å². The van der Waals surface area contributed by atoms with Crippen molar-refractivity contribution in [1.29, 1.82) is 0 Å². The minimum Gasteiger partial charge on any atom is -0.336 e. The summed E-state index contributed by atoms with van der Waals surface area (Å²) in [4.78, 5) is 37.3. The number of nitro groups is 1. The number of nitrogens with two attached hydrogens (primary N) is 1. The molecule has 2 N–H and O–H groups in total. The lowest BCUT2D eigenvalue weighted by atomic mass is 10.1. The molecule has 0 bridgehead atoms. The minimum atomic E-state index is -0.528. The minimum absolute atomic E-state index is 0.129. The lowest BCUT2D eigenvalue weighted by Gasteiger charge is -2.30. The van der Waals surface area contributed by atoms with Crippen molar-refractivity contribution in [2.24, 2.45) is 5.73 Å². The van der Waals surface area contributed by atoms with Crippen LogP contribution in [0.3, 0.4) is 0 Å². The van der Waals surface area contributed by atoms with E-state index in [2.05, 4.69) is 5.10 Å². The molecule has 2 heterocycles. The number of benzene rings is 1. The normalized spacial score (nSPS) is 17.2. The Balaban J connectivity index is 2.07. The second-order valence-electron chi connectivity index (χ2n) is 6.31. The van der Waals surface area contributed by atoms with Gasteiger partial charge in [0.1, 0.15) is 5.69 Å². The summed E-state index contributed by atoms with van der Waals surface area (Å²) in [6, 6.07) is 7.18. The van der Waals surface area contributed by atoms with Crippen molar-refractivity contribution < 1.29 is 9.72 Å². The zero-order valence-corrected chi connectivity index (χ0v) is 14.3. The molecule has 0 saturated carbocycles. The van der Waals surface area contributed by atoms with Crippen LogP contribution in [0.2, 0.25) is 0 Å². The summed E-state index contributed by atoms with van der Waals surface area (Å²) in [5, 5.41) is 15.4. The van der Waals surface area contributed by atoms with E-state index >= 15 is 0 Å². The van der Waals surface area contributed by atoms with Crippen molar-refractivity contribution in [3.63, 3.8) is 0 Å². The summed E-state index contributed by atoms with van der Waals surface area (Å²) >= 11 is 0. The number of piperidine rings is 1. The Bertz CT molecular complexity index is 924. The zero-order valence-electron chi connectivity index (χ0n) is 14.3. The molecular weight excluding hydrogens is 338 g/mol. The van der Waals surface area contributed by atoms with Crippen molar-refractivity contribution >= 4 is 11.6 Å². The van der Waals surface area contributed by atoms with Crippen LogP contribution in [0.1, 0.15) is 29.0 Å². The van der Waals surface area contributed by atoms with Crippen molar-refractivity contribution in [2.75, 3.05) is 13.1 Å². The Morgan fingerprint density at radius 2 is 2.12 bits per heavy atom. The molecule has 3 rings (SSSR count). The zero-order chi connectivity index (χ0) is 18.8. The monoisotopic (exact) mass is 357 g/mol. The Morgan fingerprint density at radius 3 is 2.81 bits per heavy atom. The van der Waals surface area contributed by atoms with Crippen LogP contribution in [-0.4, -0.2) is 44.6 Å². The fourth-order valence-electron chi connectivity index (χ4n) is 3.08. The predicted octanol–water partition coefficient (Wildman–Crippen LogP) is 1.01. The van der Waals surface area contributed by atoms with Gasteiger partial charge in [0.15, 0.2) is 5.69 Å². The lowest BCUT2D eigenvalue weighted by Crippen LogP contribution is -2.47. The van der Waals surface area contributed by atoms with Gasteiger partial charge in [-0.05, 0) is 25.8 Å². The van der Waals surface area contributed by atoms with E-state index in [9.17, 15) is 19.7 Å². The van der Waals surface area contributed by atoms with E-state index < -0.39 is 16.3 Å². The van der Waals surface area contributed by atoms with Gasteiger partial charge in [-0.1, -0.05) is 12.1 Å². The number of aryl methyl sites for hydroxylation is 1. The van der Waals surface area contributed by atoms with Crippen molar-refractivity contribution in [2.45, 2.75) is 25.8 Å². The number of carbonyl (C=O) groups is 1. The van der Waals surface area contributed by atoms with Gasteiger partial charge in [0, 0.05) is 37.0 Å². The highest BCUT2D eigenvalue weighted by Crippen LogP contribution is 2.22. The summed E-state index contributed by atoms with van der Waals surface area (Å²) in [5.74, 6) is -0.502. The van der Waals surface area contributed by atoms with Crippen LogP contribution in [0.5, 0.6) is 0 Å². The number of hydrogen-bond donors (Lipinski definition) is 1. The number of amides is 1. The Labute approximate surface area is 149 Å². The van der Waals surface area contributed by atoms with E-state index in [0.717, 1.165) is 12.8 Å². The molecule has 1 atom stereocenters. The van der Waals surface area contributed by atoms with Crippen LogP contribution < -0.4 is 11.2 Å². The molecule has 1 fully saturated rings. The standard InChI is InChI=1S/C17H19N5O4/c1-11-9-15(23)16(17(24)20-8-4-5-12(18)10-20)19-21(11)13-6-2-3-7-14(13)22(25)26/h2-3,6-7,9,12H,4-5,8,10,18H2,1H3. The molecule has 9 heteroatoms. The Kier molecular flexibility index (Phi) is 4.81. The van der Waals surface area contributed by atoms with E-state index in [1.807, 2.05) is 0 Å². The molecule has 1 aliphatic heterocycles. The van der Waals surface area contributed by atoms with Crippen LogP contribution in [0.15, 0.2) is 35.1 Å². The number of nitro benzene ring substituents is 1. The average Bonchev–Trinajstić information content (AvgIpc) is 2.61. The molecule has 9 nitrogen and oxygen atoms in total. The van der Waals surface area contributed by atoms with Crippen LogP contribution in [0, 0.1) is 17.0 Å². The van der Waals surface area contributed by atoms with Gasteiger partial charge in [-0.3, -0.25) is 19.7 Å². The molecule has 1 amide bonds. The van der Waals surface area contributed by atoms with Gasteiger partial charge < -0.3 is 10.6 Å². The summed E-state index contributed by atoms with van der Waals surface area (Å²) < 4.78 is 1.26. The first-order chi connectivity index (χ1) is 12.4. The fourth-order valence-corrected chi connectivity index (χ4v) is 3.08. The average molecular weight is 357 g/mol. The molecule has 2 aromatic rings. The van der Waals surface area contributed by atoms with Crippen molar-refractivity contribution in [1.82, 2.24) is 14.7 Å². The lowest BCUT2D eigenvalue weighted by molar-refractivity contribution is -0.384. The number of hydrogen-bond acceptors (Lipinski definition) is 6. The first-order valence-corrected chi connectivity index (χ1v) is 8.28. The first-order valence-electron chi connectivity index (χ1n) is 8.28. The topological polar surface area (TPSA) is 124 Å². The van der Waals surface area contributed by atoms with Crippen LogP contribution >= 0.6 is 0 Å². The fraction of sp³-hybridized carbons (Fsp3) is 0.353. The summed E-state index contributed by atoms with van der Waals surface area (Å²) in [7, 11) is 0. The Hall–Kier alpha value is -3.07. The molecule has 1 aromatic carbocycles. The summed E-state index contributed by atoms with van der Waals surface area (Å²) in [6.07, 6.45) is 1.59. The van der Waals surface area contributed by atoms with Crippen LogP contribution in [0.25, 0.3) is 5.69 Å². The van der Waals surface area contributed by atoms with Crippen molar-refractivity contribution in [3.8, 4) is 5.69 Å². The highest BCUT2D eigenvalue weighted by molar-refractivity contribution is 5.92. The quantitative estimate of drug-likeness (QED) is 0.646. The first kappa shape index (κ1) is 17.7. The number of rotatable bonds is 3. The molecule has 0 aliphatic carbocycles. The molecule has 0 spiro atoms. The van der Waals surface area contributed by atoms with Gasteiger partial charge in [-0.2, -0.15) is 5.10 Å². The highest BCUT2D eigenvalue weighted by Gasteiger charge is 2.26. The number of nitrogens with zero attached hydrogens (tertiary/aromatic N) is 4. The van der Waals surface area contributed by atoms with Crippen LogP contribution in [0.4, 0.5) is 5.69 Å². The van der Waals surface area contributed by atoms with Gasteiger partial charge in [-0.15, -0.1) is 0 Å².